The van der Waals surface area contributed by atoms with Gasteiger partial charge in [-0.15, -0.1) is 0 Å². The number of esters is 1. The molecule has 1 aromatic carbocycles. The summed E-state index contributed by atoms with van der Waals surface area (Å²) in [5, 5.41) is 0. The average molecular weight is 363 g/mol. The third-order valence-corrected chi connectivity index (χ3v) is 4.81. The van der Waals surface area contributed by atoms with Crippen molar-refractivity contribution in [2.24, 2.45) is 0 Å². The molecule has 0 aliphatic carbocycles. The molecule has 5 heteroatoms. The van der Waals surface area contributed by atoms with Gasteiger partial charge >= 0.3 is 5.97 Å². The van der Waals surface area contributed by atoms with Crippen LogP contribution < -0.4 is 4.74 Å². The van der Waals surface area contributed by atoms with Crippen LogP contribution in [0, 0.1) is 6.92 Å². The summed E-state index contributed by atoms with van der Waals surface area (Å²) >= 11 is 0. The van der Waals surface area contributed by atoms with Crippen LogP contribution >= 0.6 is 0 Å². The second-order valence-electron chi connectivity index (χ2n) is 7.39. The van der Waals surface area contributed by atoms with Gasteiger partial charge < -0.3 is 14.4 Å². The number of hydrogen-bond acceptors (Lipinski definition) is 5. The Kier molecular flexibility index (Phi) is 8.39. The number of hydrogen-bond donors (Lipinski definition) is 0. The highest BCUT2D eigenvalue weighted by atomic mass is 16.6. The third kappa shape index (κ3) is 6.61. The first-order valence-electron chi connectivity index (χ1n) is 9.83. The zero-order valence-corrected chi connectivity index (χ0v) is 16.8. The highest BCUT2D eigenvalue weighted by Crippen LogP contribution is 2.27. The number of ether oxygens (including phenoxy) is 2. The van der Waals surface area contributed by atoms with E-state index >= 15 is 0 Å². The fourth-order valence-corrected chi connectivity index (χ4v) is 3.26. The van der Waals surface area contributed by atoms with Gasteiger partial charge in [0.1, 0.15) is 12.4 Å². The summed E-state index contributed by atoms with van der Waals surface area (Å²) < 4.78 is 11.1. The lowest BCUT2D eigenvalue weighted by molar-refractivity contribution is -0.146. The molecule has 1 aromatic rings. The smallest absolute Gasteiger partial charge is 0.344 e. The third-order valence-electron chi connectivity index (χ3n) is 4.81. The van der Waals surface area contributed by atoms with Crippen molar-refractivity contribution in [3.8, 4) is 5.75 Å². The van der Waals surface area contributed by atoms with Gasteiger partial charge in [0, 0.05) is 32.7 Å². The van der Waals surface area contributed by atoms with E-state index in [1.807, 2.05) is 13.0 Å². The van der Waals surface area contributed by atoms with Gasteiger partial charge in [-0.05, 0) is 43.0 Å². The number of benzene rings is 1. The summed E-state index contributed by atoms with van der Waals surface area (Å²) in [6, 6.07) is 6.12. The van der Waals surface area contributed by atoms with E-state index in [0.717, 1.165) is 49.6 Å². The minimum Gasteiger partial charge on any atom is -0.482 e. The maximum absolute atomic E-state index is 12.0. The number of carbonyl (C=O) groups is 1. The number of aryl methyl sites for hydroxylation is 1. The topological polar surface area (TPSA) is 42.0 Å². The van der Waals surface area contributed by atoms with Gasteiger partial charge in [0.05, 0.1) is 0 Å². The zero-order chi connectivity index (χ0) is 18.9. The number of nitrogens with zero attached hydrogens (tertiary/aromatic N) is 2. The molecule has 0 N–H and O–H groups in total. The maximum Gasteiger partial charge on any atom is 0.344 e. The van der Waals surface area contributed by atoms with Crippen LogP contribution in [0.1, 0.15) is 44.2 Å². The first kappa shape index (κ1) is 20.7. The Labute approximate surface area is 158 Å². The van der Waals surface area contributed by atoms with E-state index in [1.165, 1.54) is 13.0 Å². The molecule has 0 aromatic heterocycles. The first-order valence-corrected chi connectivity index (χ1v) is 9.83. The van der Waals surface area contributed by atoms with E-state index < -0.39 is 0 Å². The van der Waals surface area contributed by atoms with Crippen LogP contribution in [-0.4, -0.2) is 68.3 Å². The zero-order valence-electron chi connectivity index (χ0n) is 16.8. The molecule has 0 amide bonds. The van der Waals surface area contributed by atoms with Crippen LogP contribution in [0.25, 0.3) is 0 Å². The Hall–Kier alpha value is -1.59. The second-order valence-corrected chi connectivity index (χ2v) is 7.39. The number of piperazine rings is 1. The number of rotatable bonds is 9. The molecule has 26 heavy (non-hydrogen) atoms. The molecular weight excluding hydrogens is 328 g/mol. The molecule has 0 atom stereocenters. The van der Waals surface area contributed by atoms with Crippen molar-refractivity contribution in [2.45, 2.75) is 40.0 Å². The van der Waals surface area contributed by atoms with Gasteiger partial charge in [0.2, 0.25) is 0 Å². The quantitative estimate of drug-likeness (QED) is 0.632. The van der Waals surface area contributed by atoms with E-state index in [-0.39, 0.29) is 12.6 Å². The summed E-state index contributed by atoms with van der Waals surface area (Å²) in [5.41, 5.74) is 2.24. The van der Waals surface area contributed by atoms with Crippen molar-refractivity contribution >= 4 is 5.97 Å². The molecule has 2 rings (SSSR count). The van der Waals surface area contributed by atoms with E-state index in [2.05, 4.69) is 42.7 Å². The van der Waals surface area contributed by atoms with Gasteiger partial charge in [-0.3, -0.25) is 4.90 Å². The molecule has 0 radical (unpaired) electrons. The Morgan fingerprint density at radius 1 is 1.12 bits per heavy atom. The fourth-order valence-electron chi connectivity index (χ4n) is 3.26. The SMILES string of the molecule is CCCN1CCN(CCOC(=O)COc2cc(C)ccc2C(C)C)CC1. The minimum absolute atomic E-state index is 0.0343. The second kappa shape index (κ2) is 10.5. The van der Waals surface area contributed by atoms with Crippen molar-refractivity contribution in [3.05, 3.63) is 29.3 Å². The molecule has 0 spiro atoms. The van der Waals surface area contributed by atoms with Crippen molar-refractivity contribution in [3.63, 3.8) is 0 Å². The van der Waals surface area contributed by atoms with Crippen molar-refractivity contribution < 1.29 is 14.3 Å². The van der Waals surface area contributed by atoms with Crippen molar-refractivity contribution in [1.29, 1.82) is 0 Å². The summed E-state index contributed by atoms with van der Waals surface area (Å²) in [6.07, 6.45) is 1.21. The first-order chi connectivity index (χ1) is 12.5. The molecule has 1 heterocycles. The predicted molar refractivity (Wildman–Crippen MR) is 105 cm³/mol. The van der Waals surface area contributed by atoms with Crippen LogP contribution in [0.5, 0.6) is 5.75 Å². The summed E-state index contributed by atoms with van der Waals surface area (Å²) in [5.74, 6) is 0.836. The Balaban J connectivity index is 1.68. The van der Waals surface area contributed by atoms with Gasteiger partial charge in [-0.2, -0.15) is 0 Å². The summed E-state index contributed by atoms with van der Waals surface area (Å²) in [6.45, 7) is 15.2. The number of carbonyl (C=O) groups excluding carboxylic acids is 1. The lowest BCUT2D eigenvalue weighted by atomic mass is 10.0. The Morgan fingerprint density at radius 2 is 1.77 bits per heavy atom. The summed E-state index contributed by atoms with van der Waals surface area (Å²) in [7, 11) is 0. The molecule has 5 nitrogen and oxygen atoms in total. The van der Waals surface area contributed by atoms with E-state index in [0.29, 0.717) is 12.5 Å². The molecule has 0 unspecified atom stereocenters. The highest BCUT2D eigenvalue weighted by Gasteiger charge is 2.16. The van der Waals surface area contributed by atoms with E-state index in [4.69, 9.17) is 9.47 Å². The molecule has 1 saturated heterocycles. The van der Waals surface area contributed by atoms with Crippen LogP contribution in [0.3, 0.4) is 0 Å². The molecule has 0 saturated carbocycles. The molecule has 1 aliphatic heterocycles. The van der Waals surface area contributed by atoms with Crippen LogP contribution in [0.4, 0.5) is 0 Å². The van der Waals surface area contributed by atoms with E-state index in [1.54, 1.807) is 0 Å². The molecular formula is C21H34N2O3. The largest absolute Gasteiger partial charge is 0.482 e. The van der Waals surface area contributed by atoms with Gasteiger partial charge in [0.25, 0.3) is 0 Å². The van der Waals surface area contributed by atoms with Gasteiger partial charge in [-0.25, -0.2) is 4.79 Å². The molecule has 0 bridgehead atoms. The van der Waals surface area contributed by atoms with E-state index in [9.17, 15) is 4.79 Å². The fraction of sp³-hybridized carbons (Fsp3) is 0.667. The average Bonchev–Trinajstić information content (AvgIpc) is 2.61. The van der Waals surface area contributed by atoms with Crippen molar-refractivity contribution in [1.82, 2.24) is 9.80 Å². The normalized spacial score (nSPS) is 16.0. The Bertz CT molecular complexity index is 566. The van der Waals surface area contributed by atoms with Crippen LogP contribution in [0.2, 0.25) is 0 Å². The predicted octanol–water partition coefficient (Wildman–Crippen LogP) is 3.07. The van der Waals surface area contributed by atoms with Crippen molar-refractivity contribution in [2.75, 3.05) is 52.5 Å². The Morgan fingerprint density at radius 3 is 2.38 bits per heavy atom. The lowest BCUT2D eigenvalue weighted by Gasteiger charge is -2.34. The molecule has 1 fully saturated rings. The molecule has 1 aliphatic rings. The van der Waals surface area contributed by atoms with Gasteiger partial charge in [-0.1, -0.05) is 32.9 Å². The summed E-state index contributed by atoms with van der Waals surface area (Å²) in [4.78, 5) is 16.8. The monoisotopic (exact) mass is 362 g/mol. The highest BCUT2D eigenvalue weighted by molar-refractivity contribution is 5.71. The molecule has 146 valence electrons. The van der Waals surface area contributed by atoms with Gasteiger partial charge in [0.15, 0.2) is 6.61 Å². The van der Waals surface area contributed by atoms with Crippen LogP contribution in [0.15, 0.2) is 18.2 Å². The minimum atomic E-state index is -0.300. The lowest BCUT2D eigenvalue weighted by Crippen LogP contribution is -2.47. The van der Waals surface area contributed by atoms with Crippen LogP contribution in [-0.2, 0) is 9.53 Å². The maximum atomic E-state index is 12.0. The standard InChI is InChI=1S/C21H34N2O3/c1-5-8-22-9-11-23(12-10-22)13-14-25-21(24)16-26-20-15-18(4)6-7-19(20)17(2)3/h6-7,15,17H,5,8-14,16H2,1-4H3.